The average molecular weight is 366 g/mol. The van der Waals surface area contributed by atoms with Crippen molar-refractivity contribution in [2.75, 3.05) is 5.32 Å². The number of aromatic nitrogens is 1. The number of nitrogens with one attached hydrogen (secondary N) is 1. The molecule has 0 unspecified atom stereocenters. The van der Waals surface area contributed by atoms with Crippen molar-refractivity contribution in [2.45, 2.75) is 13.5 Å². The van der Waals surface area contributed by atoms with Crippen molar-refractivity contribution in [3.63, 3.8) is 0 Å². The molecule has 0 bridgehead atoms. The smallest absolute Gasteiger partial charge is 0.336 e. The number of carbonyl (C=O) groups is 1. The lowest BCUT2D eigenvalue weighted by Gasteiger charge is -2.08. The number of benzene rings is 2. The van der Waals surface area contributed by atoms with E-state index >= 15 is 0 Å². The van der Waals surface area contributed by atoms with Crippen LogP contribution in [0.2, 0.25) is 0 Å². The number of thiazole rings is 1. The molecule has 4 aromatic rings. The molecular formula is C19H14N2O4S. The summed E-state index contributed by atoms with van der Waals surface area (Å²) in [5.41, 5.74) is 2.02. The van der Waals surface area contributed by atoms with Crippen LogP contribution in [-0.4, -0.2) is 10.5 Å². The Labute approximate surface area is 151 Å². The molecule has 2 heterocycles. The maximum Gasteiger partial charge on any atom is 0.336 e. The van der Waals surface area contributed by atoms with Gasteiger partial charge in [0.05, 0.1) is 10.2 Å². The molecule has 0 saturated heterocycles. The predicted octanol–water partition coefficient (Wildman–Crippen LogP) is 3.12. The molecule has 0 atom stereocenters. The predicted molar refractivity (Wildman–Crippen MR) is 102 cm³/mol. The molecular weight excluding hydrogens is 352 g/mol. The van der Waals surface area contributed by atoms with Crippen LogP contribution in [0.5, 0.6) is 0 Å². The van der Waals surface area contributed by atoms with Crippen LogP contribution in [0.1, 0.15) is 5.56 Å². The molecule has 2 aromatic carbocycles. The van der Waals surface area contributed by atoms with E-state index in [2.05, 4.69) is 5.32 Å². The number of fused-ring (bicyclic) bond motifs is 2. The fourth-order valence-electron chi connectivity index (χ4n) is 2.91. The second-order valence-electron chi connectivity index (χ2n) is 5.93. The lowest BCUT2D eigenvalue weighted by atomic mass is 10.1. The molecule has 0 radical (unpaired) electrons. The molecule has 0 spiro atoms. The van der Waals surface area contributed by atoms with Gasteiger partial charge in [-0.3, -0.25) is 14.2 Å². The van der Waals surface area contributed by atoms with Crippen molar-refractivity contribution in [3.05, 3.63) is 74.2 Å². The second kappa shape index (κ2) is 6.27. The third-order valence-corrected chi connectivity index (χ3v) is 5.07. The first kappa shape index (κ1) is 16.3. The minimum atomic E-state index is -0.435. The Morgan fingerprint density at radius 1 is 1.15 bits per heavy atom. The van der Waals surface area contributed by atoms with Crippen LogP contribution < -0.4 is 15.8 Å². The van der Waals surface area contributed by atoms with E-state index in [-0.39, 0.29) is 17.3 Å². The number of aryl methyl sites for hydroxylation is 1. The standard InChI is InChI=1S/C19H14N2O4S/c1-11-8-18(23)25-15-9-12(6-7-13(11)15)20-17(22)10-21-14-4-2-3-5-16(14)26-19(21)24/h2-9H,10H2,1H3,(H,20,22). The van der Waals surface area contributed by atoms with Gasteiger partial charge in [-0.2, -0.15) is 0 Å². The molecule has 1 amide bonds. The monoisotopic (exact) mass is 366 g/mol. The largest absolute Gasteiger partial charge is 0.423 e. The van der Waals surface area contributed by atoms with Crippen molar-refractivity contribution < 1.29 is 9.21 Å². The summed E-state index contributed by atoms with van der Waals surface area (Å²) >= 11 is 1.11. The van der Waals surface area contributed by atoms with E-state index in [0.29, 0.717) is 11.3 Å². The van der Waals surface area contributed by atoms with Crippen LogP contribution in [0.3, 0.4) is 0 Å². The summed E-state index contributed by atoms with van der Waals surface area (Å²) in [6.07, 6.45) is 0. The quantitative estimate of drug-likeness (QED) is 0.565. The lowest BCUT2D eigenvalue weighted by molar-refractivity contribution is -0.116. The fourth-order valence-corrected chi connectivity index (χ4v) is 3.80. The second-order valence-corrected chi connectivity index (χ2v) is 6.92. The van der Waals surface area contributed by atoms with Gasteiger partial charge in [-0.05, 0) is 36.8 Å². The Balaban J connectivity index is 1.62. The highest BCUT2D eigenvalue weighted by molar-refractivity contribution is 7.16. The molecule has 0 aliphatic carbocycles. The van der Waals surface area contributed by atoms with Gasteiger partial charge in [-0.15, -0.1) is 0 Å². The van der Waals surface area contributed by atoms with E-state index in [0.717, 1.165) is 32.5 Å². The third kappa shape index (κ3) is 2.93. The van der Waals surface area contributed by atoms with Gasteiger partial charge in [-0.1, -0.05) is 23.5 Å². The molecule has 6 nitrogen and oxygen atoms in total. The Hall–Kier alpha value is -3.19. The minimum Gasteiger partial charge on any atom is -0.423 e. The first-order valence-corrected chi connectivity index (χ1v) is 8.76. The third-order valence-electron chi connectivity index (χ3n) is 4.11. The van der Waals surface area contributed by atoms with Gasteiger partial charge in [0.25, 0.3) is 0 Å². The van der Waals surface area contributed by atoms with E-state index in [1.54, 1.807) is 18.2 Å². The number of carbonyl (C=O) groups excluding carboxylic acids is 1. The van der Waals surface area contributed by atoms with E-state index in [1.807, 2.05) is 31.2 Å². The highest BCUT2D eigenvalue weighted by atomic mass is 32.1. The molecule has 0 saturated carbocycles. The summed E-state index contributed by atoms with van der Waals surface area (Å²) in [4.78, 5) is 35.9. The number of amides is 1. The normalized spacial score (nSPS) is 11.1. The van der Waals surface area contributed by atoms with E-state index in [1.165, 1.54) is 10.6 Å². The molecule has 0 aliphatic rings. The number of rotatable bonds is 3. The maximum atomic E-state index is 12.4. The van der Waals surface area contributed by atoms with Gasteiger partial charge in [-0.25, -0.2) is 4.79 Å². The number of para-hydroxylation sites is 1. The summed E-state index contributed by atoms with van der Waals surface area (Å²) in [7, 11) is 0. The molecule has 0 fully saturated rings. The summed E-state index contributed by atoms with van der Waals surface area (Å²) in [5.74, 6) is -0.329. The topological polar surface area (TPSA) is 81.3 Å². The Morgan fingerprint density at radius 3 is 2.81 bits per heavy atom. The van der Waals surface area contributed by atoms with Crippen LogP contribution in [0.15, 0.2) is 62.5 Å². The van der Waals surface area contributed by atoms with Gasteiger partial charge in [0.2, 0.25) is 5.91 Å². The Morgan fingerprint density at radius 2 is 1.96 bits per heavy atom. The Bertz CT molecular complexity index is 1270. The zero-order chi connectivity index (χ0) is 18.3. The van der Waals surface area contributed by atoms with Crippen LogP contribution in [0, 0.1) is 6.92 Å². The first-order valence-electron chi connectivity index (χ1n) is 7.94. The molecule has 2 aromatic heterocycles. The number of hydrogen-bond acceptors (Lipinski definition) is 5. The zero-order valence-corrected chi connectivity index (χ0v) is 14.6. The first-order chi connectivity index (χ1) is 12.5. The van der Waals surface area contributed by atoms with E-state index < -0.39 is 5.63 Å². The molecule has 4 rings (SSSR count). The number of hydrogen-bond donors (Lipinski definition) is 1. The van der Waals surface area contributed by atoms with Crippen LogP contribution in [0.4, 0.5) is 5.69 Å². The molecule has 26 heavy (non-hydrogen) atoms. The highest BCUT2D eigenvalue weighted by Gasteiger charge is 2.12. The van der Waals surface area contributed by atoms with Crippen molar-refractivity contribution in [1.29, 1.82) is 0 Å². The van der Waals surface area contributed by atoms with E-state index in [4.69, 9.17) is 4.42 Å². The minimum absolute atomic E-state index is 0.0847. The maximum absolute atomic E-state index is 12.4. The molecule has 130 valence electrons. The SMILES string of the molecule is Cc1cc(=O)oc2cc(NC(=O)Cn3c(=O)sc4ccccc43)ccc12. The van der Waals surface area contributed by atoms with Crippen molar-refractivity contribution >= 4 is 44.1 Å². The van der Waals surface area contributed by atoms with Crippen LogP contribution in [-0.2, 0) is 11.3 Å². The van der Waals surface area contributed by atoms with Gasteiger partial charge < -0.3 is 9.73 Å². The van der Waals surface area contributed by atoms with E-state index in [9.17, 15) is 14.4 Å². The van der Waals surface area contributed by atoms with Crippen LogP contribution >= 0.6 is 11.3 Å². The average Bonchev–Trinajstić information content (AvgIpc) is 2.90. The summed E-state index contributed by atoms with van der Waals surface area (Å²) < 4.78 is 7.47. The number of anilines is 1. The van der Waals surface area contributed by atoms with Crippen LogP contribution in [0.25, 0.3) is 21.2 Å². The highest BCUT2D eigenvalue weighted by Crippen LogP contribution is 2.21. The molecule has 1 N–H and O–H groups in total. The molecule has 0 aliphatic heterocycles. The number of nitrogens with zero attached hydrogens (tertiary/aromatic N) is 1. The fraction of sp³-hybridized carbons (Fsp3) is 0.105. The van der Waals surface area contributed by atoms with Crippen molar-refractivity contribution in [1.82, 2.24) is 4.57 Å². The van der Waals surface area contributed by atoms with Gasteiger partial charge in [0.15, 0.2) is 0 Å². The Kier molecular flexibility index (Phi) is 3.93. The molecule has 7 heteroatoms. The van der Waals surface area contributed by atoms with Gasteiger partial charge in [0, 0.05) is 23.2 Å². The van der Waals surface area contributed by atoms with Crippen molar-refractivity contribution in [2.24, 2.45) is 0 Å². The zero-order valence-electron chi connectivity index (χ0n) is 13.8. The summed E-state index contributed by atoms with van der Waals surface area (Å²) in [5, 5.41) is 3.56. The lowest BCUT2D eigenvalue weighted by Crippen LogP contribution is -2.24. The van der Waals surface area contributed by atoms with Crippen molar-refractivity contribution in [3.8, 4) is 0 Å². The van der Waals surface area contributed by atoms with Gasteiger partial charge in [0.1, 0.15) is 12.1 Å². The summed E-state index contributed by atoms with van der Waals surface area (Å²) in [6.45, 7) is 1.74. The summed E-state index contributed by atoms with van der Waals surface area (Å²) in [6, 6.07) is 13.9. The van der Waals surface area contributed by atoms with Gasteiger partial charge >= 0.3 is 10.5 Å².